The highest BCUT2D eigenvalue weighted by Gasteiger charge is 2.70. The van der Waals surface area contributed by atoms with Crippen LogP contribution in [0.4, 0.5) is 0 Å². The molecule has 3 heterocycles. The predicted octanol–water partition coefficient (Wildman–Crippen LogP) is 1.79. The lowest BCUT2D eigenvalue weighted by Gasteiger charge is -2.61. The molecular formula is C21H28O9. The minimum absolute atomic E-state index is 0.171. The monoisotopic (exact) mass is 424 g/mol. The molecule has 3 saturated heterocycles. The quantitative estimate of drug-likeness (QED) is 0.371. The standard InChI is InChI=1S/C21H28O9/c1-9(2)17(22)25-11-14-12(26-18(23)10(3)4)16-13(27-19(24)20(5,6)7)15(11)29-21(8,28-14)30-16/h11-16H,1,3H2,2,4-8H3/t11-,12+,13?,14?,15+,16-,21?. The van der Waals surface area contributed by atoms with E-state index >= 15 is 0 Å². The fourth-order valence-corrected chi connectivity index (χ4v) is 3.50. The molecule has 4 aliphatic rings. The van der Waals surface area contributed by atoms with Gasteiger partial charge in [0.15, 0.2) is 18.3 Å². The Balaban J connectivity index is 1.97. The molecule has 0 radical (unpaired) electrons. The summed E-state index contributed by atoms with van der Waals surface area (Å²) in [6, 6.07) is 0. The number of rotatable bonds is 5. The molecule has 166 valence electrons. The number of ether oxygens (including phenoxy) is 6. The van der Waals surface area contributed by atoms with Crippen molar-refractivity contribution in [1.82, 2.24) is 0 Å². The molecule has 4 bridgehead atoms. The van der Waals surface area contributed by atoms with Crippen molar-refractivity contribution >= 4 is 17.9 Å². The summed E-state index contributed by atoms with van der Waals surface area (Å²) in [5.74, 6) is -3.30. The molecular weight excluding hydrogens is 396 g/mol. The van der Waals surface area contributed by atoms with Crippen molar-refractivity contribution in [2.24, 2.45) is 5.41 Å². The first-order valence-corrected chi connectivity index (χ1v) is 9.71. The summed E-state index contributed by atoms with van der Waals surface area (Å²) in [6.07, 6.45) is -5.64. The van der Waals surface area contributed by atoms with Crippen LogP contribution in [0.25, 0.3) is 0 Å². The predicted molar refractivity (Wildman–Crippen MR) is 102 cm³/mol. The first-order chi connectivity index (χ1) is 13.7. The molecule has 0 spiro atoms. The van der Waals surface area contributed by atoms with Crippen LogP contribution in [0.15, 0.2) is 24.3 Å². The molecule has 0 N–H and O–H groups in total. The smallest absolute Gasteiger partial charge is 0.333 e. The maximum Gasteiger partial charge on any atom is 0.333 e. The van der Waals surface area contributed by atoms with Gasteiger partial charge in [0.05, 0.1) is 5.41 Å². The van der Waals surface area contributed by atoms with Crippen LogP contribution in [0.1, 0.15) is 41.5 Å². The Labute approximate surface area is 175 Å². The van der Waals surface area contributed by atoms with Crippen molar-refractivity contribution in [2.75, 3.05) is 0 Å². The SMILES string of the molecule is C=C(C)C(=O)O[C@@H]1C2OC3(C)O[C@@H]1C(OC(=O)C(C)(C)C)[C@H](O3)[C@H]2OC(=O)C(=C)C. The van der Waals surface area contributed by atoms with Gasteiger partial charge in [-0.05, 0) is 34.6 Å². The van der Waals surface area contributed by atoms with Crippen molar-refractivity contribution in [3.63, 3.8) is 0 Å². The Hall–Kier alpha value is -2.23. The number of carbonyl (C=O) groups is 3. The minimum atomic E-state index is -1.46. The van der Waals surface area contributed by atoms with Gasteiger partial charge in [-0.2, -0.15) is 0 Å². The molecule has 0 aromatic carbocycles. The zero-order valence-corrected chi connectivity index (χ0v) is 18.1. The average molecular weight is 424 g/mol. The third-order valence-electron chi connectivity index (χ3n) is 5.03. The topological polar surface area (TPSA) is 107 Å². The van der Waals surface area contributed by atoms with Gasteiger partial charge in [-0.15, -0.1) is 0 Å². The molecule has 30 heavy (non-hydrogen) atoms. The molecule has 9 nitrogen and oxygen atoms in total. The van der Waals surface area contributed by atoms with Gasteiger partial charge in [0.2, 0.25) is 0 Å². The van der Waals surface area contributed by atoms with Gasteiger partial charge in [0.25, 0.3) is 5.97 Å². The zero-order valence-electron chi connectivity index (χ0n) is 18.1. The Morgan fingerprint density at radius 2 is 1.10 bits per heavy atom. The molecule has 4 fully saturated rings. The highest BCUT2D eigenvalue weighted by Crippen LogP contribution is 2.48. The summed E-state index contributed by atoms with van der Waals surface area (Å²) < 4.78 is 34.3. The molecule has 1 aliphatic carbocycles. The fourth-order valence-electron chi connectivity index (χ4n) is 3.50. The molecule has 0 aromatic rings. The lowest BCUT2D eigenvalue weighted by molar-refractivity contribution is -0.530. The third-order valence-corrected chi connectivity index (χ3v) is 5.03. The van der Waals surface area contributed by atoms with Crippen LogP contribution in [0.3, 0.4) is 0 Å². The van der Waals surface area contributed by atoms with E-state index in [2.05, 4.69) is 13.2 Å². The van der Waals surface area contributed by atoms with Gasteiger partial charge in [-0.3, -0.25) is 4.79 Å². The van der Waals surface area contributed by atoms with Crippen LogP contribution >= 0.6 is 0 Å². The number of hydrogen-bond donors (Lipinski definition) is 0. The van der Waals surface area contributed by atoms with E-state index < -0.39 is 65.9 Å². The first kappa shape index (κ1) is 22.5. The van der Waals surface area contributed by atoms with E-state index in [1.165, 1.54) is 13.8 Å². The normalized spacial score (nSPS) is 36.7. The number of esters is 3. The lowest BCUT2D eigenvalue weighted by Crippen LogP contribution is -2.79. The number of hydrogen-bond acceptors (Lipinski definition) is 9. The molecule has 4 rings (SSSR count). The van der Waals surface area contributed by atoms with E-state index in [0.717, 1.165) is 0 Å². The fraction of sp³-hybridized carbons (Fsp3) is 0.667. The highest BCUT2D eigenvalue weighted by molar-refractivity contribution is 5.87. The minimum Gasteiger partial charge on any atom is -0.456 e. The van der Waals surface area contributed by atoms with Gasteiger partial charge in [-0.25, -0.2) is 9.59 Å². The Morgan fingerprint density at radius 1 is 0.767 bits per heavy atom. The molecule has 1 saturated carbocycles. The van der Waals surface area contributed by atoms with E-state index in [1.807, 2.05) is 0 Å². The van der Waals surface area contributed by atoms with Gasteiger partial charge >= 0.3 is 17.9 Å². The maximum absolute atomic E-state index is 12.6. The van der Waals surface area contributed by atoms with Crippen LogP contribution in [-0.4, -0.2) is 60.5 Å². The average Bonchev–Trinajstić information content (AvgIpc) is 2.61. The van der Waals surface area contributed by atoms with Crippen LogP contribution < -0.4 is 0 Å². The van der Waals surface area contributed by atoms with Crippen molar-refractivity contribution in [1.29, 1.82) is 0 Å². The lowest BCUT2D eigenvalue weighted by atomic mass is 9.81. The largest absolute Gasteiger partial charge is 0.456 e. The summed E-state index contributed by atoms with van der Waals surface area (Å²) in [7, 11) is 0. The van der Waals surface area contributed by atoms with Crippen molar-refractivity contribution in [3.05, 3.63) is 24.3 Å². The van der Waals surface area contributed by atoms with Crippen LogP contribution in [-0.2, 0) is 42.8 Å². The summed E-state index contributed by atoms with van der Waals surface area (Å²) in [5, 5.41) is 0. The number of carbonyl (C=O) groups excluding carboxylic acids is 3. The highest BCUT2D eigenvalue weighted by atomic mass is 16.9. The van der Waals surface area contributed by atoms with Gasteiger partial charge < -0.3 is 28.4 Å². The summed E-state index contributed by atoms with van der Waals surface area (Å²) in [5.41, 5.74) is -0.460. The van der Waals surface area contributed by atoms with Crippen LogP contribution in [0, 0.1) is 5.41 Å². The summed E-state index contributed by atoms with van der Waals surface area (Å²) in [4.78, 5) is 37.1. The molecule has 0 aromatic heterocycles. The Bertz CT molecular complexity index is 747. The molecule has 3 aliphatic heterocycles. The van der Waals surface area contributed by atoms with E-state index in [-0.39, 0.29) is 11.1 Å². The maximum atomic E-state index is 12.6. The molecule has 3 unspecified atom stereocenters. The van der Waals surface area contributed by atoms with Gasteiger partial charge in [-0.1, -0.05) is 13.2 Å². The summed E-state index contributed by atoms with van der Waals surface area (Å²) >= 11 is 0. The van der Waals surface area contributed by atoms with E-state index in [1.54, 1.807) is 27.7 Å². The van der Waals surface area contributed by atoms with Gasteiger partial charge in [0.1, 0.15) is 18.3 Å². The Kier molecular flexibility index (Phi) is 5.59. The molecule has 0 amide bonds. The van der Waals surface area contributed by atoms with Crippen LogP contribution in [0.5, 0.6) is 0 Å². The first-order valence-electron chi connectivity index (χ1n) is 9.71. The molecule has 9 heteroatoms. The second kappa shape index (κ2) is 7.47. The van der Waals surface area contributed by atoms with E-state index in [9.17, 15) is 14.4 Å². The molecule has 7 atom stereocenters. The van der Waals surface area contributed by atoms with Crippen LogP contribution in [0.2, 0.25) is 0 Å². The van der Waals surface area contributed by atoms with Crippen molar-refractivity contribution in [2.45, 2.75) is 84.1 Å². The van der Waals surface area contributed by atoms with E-state index in [4.69, 9.17) is 28.4 Å². The summed E-state index contributed by atoms with van der Waals surface area (Å²) in [6.45, 7) is 16.8. The van der Waals surface area contributed by atoms with E-state index in [0.29, 0.717) is 0 Å². The zero-order chi connectivity index (χ0) is 22.6. The second-order valence-electron chi connectivity index (χ2n) is 9.03. The van der Waals surface area contributed by atoms with Gasteiger partial charge in [0, 0.05) is 18.1 Å². The van der Waals surface area contributed by atoms with Crippen molar-refractivity contribution < 1.29 is 42.8 Å². The van der Waals surface area contributed by atoms with Crippen molar-refractivity contribution in [3.8, 4) is 0 Å². The Morgan fingerprint density at radius 3 is 1.40 bits per heavy atom. The third kappa shape index (κ3) is 4.01. The second-order valence-corrected chi connectivity index (χ2v) is 9.03.